The fraction of sp³-hybridized carbons (Fsp3) is 0.786. The number of ether oxygens (including phenoxy) is 1. The molecule has 1 unspecified atom stereocenters. The van der Waals surface area contributed by atoms with Crippen molar-refractivity contribution in [1.29, 1.82) is 0 Å². The van der Waals surface area contributed by atoms with Crippen molar-refractivity contribution >= 4 is 0 Å². The Morgan fingerprint density at radius 2 is 2.28 bits per heavy atom. The van der Waals surface area contributed by atoms with Crippen molar-refractivity contribution < 1.29 is 4.74 Å². The lowest BCUT2D eigenvalue weighted by Gasteiger charge is -2.18. The molecule has 1 aromatic heterocycles. The molecule has 104 valence electrons. The summed E-state index contributed by atoms with van der Waals surface area (Å²) < 4.78 is 6.99. The molecule has 0 aliphatic carbocycles. The maximum Gasteiger partial charge on any atom is 0.0521 e. The smallest absolute Gasteiger partial charge is 0.0521 e. The quantitative estimate of drug-likeness (QED) is 0.649. The van der Waals surface area contributed by atoms with E-state index < -0.39 is 0 Å². The molecule has 1 rings (SSSR count). The fourth-order valence-electron chi connectivity index (χ4n) is 2.11. The third-order valence-electron chi connectivity index (χ3n) is 3.12. The highest BCUT2D eigenvalue weighted by Crippen LogP contribution is 2.08. The maximum absolute atomic E-state index is 5.12. The molecule has 1 heterocycles. The van der Waals surface area contributed by atoms with Gasteiger partial charge in [-0.1, -0.05) is 6.92 Å². The van der Waals surface area contributed by atoms with E-state index in [1.165, 1.54) is 24.8 Å². The van der Waals surface area contributed by atoms with Gasteiger partial charge in [-0.25, -0.2) is 0 Å². The van der Waals surface area contributed by atoms with Gasteiger partial charge in [-0.3, -0.25) is 4.68 Å². The van der Waals surface area contributed by atoms with Crippen LogP contribution in [0.5, 0.6) is 0 Å². The van der Waals surface area contributed by atoms with Gasteiger partial charge in [0.05, 0.1) is 6.20 Å². The van der Waals surface area contributed by atoms with Crippen LogP contribution in [0, 0.1) is 0 Å². The molecule has 4 nitrogen and oxygen atoms in total. The molecule has 0 amide bonds. The summed E-state index contributed by atoms with van der Waals surface area (Å²) in [4.78, 5) is 0. The van der Waals surface area contributed by atoms with Gasteiger partial charge < -0.3 is 10.1 Å². The third-order valence-corrected chi connectivity index (χ3v) is 3.12. The first-order valence-electron chi connectivity index (χ1n) is 6.96. The number of nitrogens with zero attached hydrogens (tertiary/aromatic N) is 2. The largest absolute Gasteiger partial charge is 0.385 e. The van der Waals surface area contributed by atoms with Crippen LogP contribution in [0.4, 0.5) is 0 Å². The number of aromatic nitrogens is 2. The molecule has 1 N–H and O–H groups in total. The van der Waals surface area contributed by atoms with E-state index in [1.807, 2.05) is 17.9 Å². The maximum atomic E-state index is 5.12. The van der Waals surface area contributed by atoms with Gasteiger partial charge in [0.1, 0.15) is 0 Å². The van der Waals surface area contributed by atoms with Gasteiger partial charge in [0.25, 0.3) is 0 Å². The van der Waals surface area contributed by atoms with E-state index in [-0.39, 0.29) is 0 Å². The van der Waals surface area contributed by atoms with Crippen LogP contribution in [-0.4, -0.2) is 36.1 Å². The van der Waals surface area contributed by atoms with Crippen molar-refractivity contribution in [1.82, 2.24) is 15.1 Å². The Hall–Kier alpha value is -0.870. The molecule has 0 bridgehead atoms. The Morgan fingerprint density at radius 3 is 2.89 bits per heavy atom. The zero-order valence-corrected chi connectivity index (χ0v) is 12.0. The number of aryl methyl sites for hydroxylation is 2. The molecular weight excluding hydrogens is 226 g/mol. The topological polar surface area (TPSA) is 39.1 Å². The lowest BCUT2D eigenvalue weighted by atomic mass is 10.0. The number of hydrogen-bond acceptors (Lipinski definition) is 3. The molecule has 0 aromatic carbocycles. The first-order valence-corrected chi connectivity index (χ1v) is 6.96. The number of nitrogens with one attached hydrogen (secondary N) is 1. The minimum atomic E-state index is 0.598. The van der Waals surface area contributed by atoms with E-state index in [0.717, 1.165) is 26.0 Å². The van der Waals surface area contributed by atoms with E-state index in [4.69, 9.17) is 4.74 Å². The molecule has 1 aromatic rings. The average molecular weight is 253 g/mol. The third kappa shape index (κ3) is 6.17. The molecule has 0 aliphatic heterocycles. The first kappa shape index (κ1) is 15.2. The monoisotopic (exact) mass is 253 g/mol. The molecule has 0 fully saturated rings. The standard InChI is InChI=1S/C14H27N3O/c1-4-9-15-14(6-5-10-18-3)8-7-13-11-16-17(2)12-13/h11-12,14-15H,4-10H2,1-3H3. The highest BCUT2D eigenvalue weighted by molar-refractivity contribution is 5.03. The summed E-state index contributed by atoms with van der Waals surface area (Å²) in [5, 5.41) is 7.83. The zero-order chi connectivity index (χ0) is 13.2. The van der Waals surface area contributed by atoms with Gasteiger partial charge in [-0.05, 0) is 44.2 Å². The van der Waals surface area contributed by atoms with Gasteiger partial charge in [0.2, 0.25) is 0 Å². The second kappa shape index (κ2) is 9.11. The highest BCUT2D eigenvalue weighted by Gasteiger charge is 2.08. The second-order valence-electron chi connectivity index (χ2n) is 4.85. The first-order chi connectivity index (χ1) is 8.76. The van der Waals surface area contributed by atoms with Gasteiger partial charge in [0.15, 0.2) is 0 Å². The van der Waals surface area contributed by atoms with Crippen LogP contribution in [0.1, 0.15) is 38.2 Å². The van der Waals surface area contributed by atoms with E-state index in [2.05, 4.69) is 23.5 Å². The summed E-state index contributed by atoms with van der Waals surface area (Å²) in [5.74, 6) is 0. The zero-order valence-electron chi connectivity index (χ0n) is 12.0. The Bertz CT molecular complexity index is 312. The predicted octanol–water partition coefficient (Wildman–Crippen LogP) is 2.15. The van der Waals surface area contributed by atoms with Crippen LogP contribution in [-0.2, 0) is 18.2 Å². The summed E-state index contributed by atoms with van der Waals surface area (Å²) in [7, 11) is 3.74. The van der Waals surface area contributed by atoms with Crippen LogP contribution >= 0.6 is 0 Å². The Balaban J connectivity index is 2.29. The summed E-state index contributed by atoms with van der Waals surface area (Å²) in [5.41, 5.74) is 1.33. The van der Waals surface area contributed by atoms with Crippen LogP contribution in [0.3, 0.4) is 0 Å². The van der Waals surface area contributed by atoms with Crippen LogP contribution in [0.15, 0.2) is 12.4 Å². The molecule has 0 radical (unpaired) electrons. The van der Waals surface area contributed by atoms with Crippen molar-refractivity contribution in [2.45, 2.75) is 45.1 Å². The molecule has 0 saturated heterocycles. The van der Waals surface area contributed by atoms with E-state index in [1.54, 1.807) is 7.11 Å². The average Bonchev–Trinajstić information content (AvgIpc) is 2.78. The Labute approximate surface area is 111 Å². The minimum Gasteiger partial charge on any atom is -0.385 e. The number of rotatable bonds is 10. The van der Waals surface area contributed by atoms with Gasteiger partial charge in [0, 0.05) is 33.0 Å². The molecular formula is C14H27N3O. The molecule has 0 spiro atoms. The van der Waals surface area contributed by atoms with Crippen molar-refractivity contribution in [3.63, 3.8) is 0 Å². The van der Waals surface area contributed by atoms with Crippen molar-refractivity contribution in [3.8, 4) is 0 Å². The Kier molecular flexibility index (Phi) is 7.69. The van der Waals surface area contributed by atoms with Crippen molar-refractivity contribution in [2.75, 3.05) is 20.3 Å². The highest BCUT2D eigenvalue weighted by atomic mass is 16.5. The number of methoxy groups -OCH3 is 1. The van der Waals surface area contributed by atoms with E-state index in [9.17, 15) is 0 Å². The van der Waals surface area contributed by atoms with Crippen molar-refractivity contribution in [2.24, 2.45) is 7.05 Å². The molecule has 18 heavy (non-hydrogen) atoms. The predicted molar refractivity (Wildman–Crippen MR) is 74.7 cm³/mol. The molecule has 0 aliphatic rings. The molecule has 4 heteroatoms. The summed E-state index contributed by atoms with van der Waals surface area (Å²) in [6, 6.07) is 0.598. The number of hydrogen-bond donors (Lipinski definition) is 1. The van der Waals surface area contributed by atoms with Gasteiger partial charge in [-0.15, -0.1) is 0 Å². The lowest BCUT2D eigenvalue weighted by molar-refractivity contribution is 0.188. The summed E-state index contributed by atoms with van der Waals surface area (Å²) >= 11 is 0. The summed E-state index contributed by atoms with van der Waals surface area (Å²) in [6.45, 7) is 4.17. The Morgan fingerprint density at radius 1 is 1.44 bits per heavy atom. The molecule has 0 saturated carbocycles. The van der Waals surface area contributed by atoms with Gasteiger partial charge >= 0.3 is 0 Å². The second-order valence-corrected chi connectivity index (χ2v) is 4.85. The SMILES string of the molecule is CCCNC(CCCOC)CCc1cnn(C)c1. The van der Waals surface area contributed by atoms with Crippen LogP contribution in [0.25, 0.3) is 0 Å². The summed E-state index contributed by atoms with van der Waals surface area (Å²) in [6.07, 6.45) is 9.85. The van der Waals surface area contributed by atoms with E-state index >= 15 is 0 Å². The van der Waals surface area contributed by atoms with Crippen LogP contribution in [0.2, 0.25) is 0 Å². The lowest BCUT2D eigenvalue weighted by Crippen LogP contribution is -2.30. The van der Waals surface area contributed by atoms with Gasteiger partial charge in [-0.2, -0.15) is 5.10 Å². The van der Waals surface area contributed by atoms with E-state index in [0.29, 0.717) is 6.04 Å². The van der Waals surface area contributed by atoms with Crippen LogP contribution < -0.4 is 5.32 Å². The normalized spacial score (nSPS) is 12.8. The fourth-order valence-corrected chi connectivity index (χ4v) is 2.11. The minimum absolute atomic E-state index is 0.598. The molecule has 1 atom stereocenters. The van der Waals surface area contributed by atoms with Crippen molar-refractivity contribution in [3.05, 3.63) is 18.0 Å².